The van der Waals surface area contributed by atoms with Crippen LogP contribution in [0.4, 0.5) is 18.9 Å². The van der Waals surface area contributed by atoms with Crippen molar-refractivity contribution in [3.8, 4) is 0 Å². The Kier molecular flexibility index (Phi) is 4.06. The Bertz CT molecular complexity index is 510. The number of unbranched alkanes of at least 4 members (excludes halogenated alkanes) is 1. The van der Waals surface area contributed by atoms with Crippen molar-refractivity contribution < 1.29 is 18.0 Å². The molecule has 1 atom stereocenters. The smallest absolute Gasteiger partial charge is 0.309 e. The van der Waals surface area contributed by atoms with Gasteiger partial charge in [0.2, 0.25) is 5.91 Å². The highest BCUT2D eigenvalue weighted by Gasteiger charge is 2.36. The van der Waals surface area contributed by atoms with Gasteiger partial charge in [-0.2, -0.15) is 13.2 Å². The molecule has 20 heavy (non-hydrogen) atoms. The molecular formula is C15H18F3NO. The summed E-state index contributed by atoms with van der Waals surface area (Å²) in [5, 5.41) is 0. The predicted octanol–water partition coefficient (Wildman–Crippen LogP) is 4.17. The molecule has 1 amide bonds. The maximum Gasteiger partial charge on any atom is 0.416 e. The number of hydrogen-bond acceptors (Lipinski definition) is 1. The second-order valence-electron chi connectivity index (χ2n) is 5.23. The van der Waals surface area contributed by atoms with Crippen LogP contribution in [0.1, 0.15) is 44.2 Å². The first kappa shape index (κ1) is 14.9. The van der Waals surface area contributed by atoms with Gasteiger partial charge in [0.05, 0.1) is 5.56 Å². The summed E-state index contributed by atoms with van der Waals surface area (Å²) in [4.78, 5) is 13.3. The van der Waals surface area contributed by atoms with E-state index in [1.54, 1.807) is 0 Å². The third kappa shape index (κ3) is 2.81. The molecule has 5 heteroatoms. The van der Waals surface area contributed by atoms with Gasteiger partial charge in [-0.15, -0.1) is 0 Å². The summed E-state index contributed by atoms with van der Waals surface area (Å²) in [7, 11) is 0. The minimum Gasteiger partial charge on any atom is -0.309 e. The van der Waals surface area contributed by atoms with Crippen LogP contribution in [0.3, 0.4) is 0 Å². The largest absolute Gasteiger partial charge is 0.416 e. The van der Waals surface area contributed by atoms with Gasteiger partial charge in [0.1, 0.15) is 0 Å². The number of hydrogen-bond donors (Lipinski definition) is 0. The Morgan fingerprint density at radius 3 is 2.65 bits per heavy atom. The SMILES string of the molecule is CCCC[C@@H]1Cc2ccc(C(F)(F)F)cc2N1C(C)=O. The standard InChI is InChI=1S/C15H18F3NO/c1-3-4-5-13-8-11-6-7-12(15(16,17)18)9-14(11)19(13)10(2)20/h6-7,9,13H,3-5,8H2,1-2H3/t13-/m1/s1. The summed E-state index contributed by atoms with van der Waals surface area (Å²) in [5.41, 5.74) is 0.557. The lowest BCUT2D eigenvalue weighted by atomic mass is 10.0. The number of alkyl halides is 3. The summed E-state index contributed by atoms with van der Waals surface area (Å²) in [6.07, 6.45) is -0.931. The number of nitrogens with zero attached hydrogens (tertiary/aromatic N) is 1. The van der Waals surface area contributed by atoms with Crippen molar-refractivity contribution in [2.45, 2.75) is 51.7 Å². The molecule has 110 valence electrons. The van der Waals surface area contributed by atoms with Crippen LogP contribution < -0.4 is 4.90 Å². The second-order valence-corrected chi connectivity index (χ2v) is 5.23. The van der Waals surface area contributed by atoms with Gasteiger partial charge in [-0.3, -0.25) is 4.79 Å². The fourth-order valence-corrected chi connectivity index (χ4v) is 2.78. The van der Waals surface area contributed by atoms with E-state index in [0.717, 1.165) is 37.0 Å². The van der Waals surface area contributed by atoms with Crippen LogP contribution in [-0.4, -0.2) is 11.9 Å². The van der Waals surface area contributed by atoms with E-state index in [-0.39, 0.29) is 11.9 Å². The Balaban J connectivity index is 2.35. The minimum atomic E-state index is -4.38. The van der Waals surface area contributed by atoms with E-state index in [0.29, 0.717) is 12.1 Å². The van der Waals surface area contributed by atoms with Crippen LogP contribution in [0.5, 0.6) is 0 Å². The first-order valence-electron chi connectivity index (χ1n) is 6.84. The fourth-order valence-electron chi connectivity index (χ4n) is 2.78. The van der Waals surface area contributed by atoms with Gasteiger partial charge in [-0.25, -0.2) is 0 Å². The van der Waals surface area contributed by atoms with Crippen molar-refractivity contribution in [2.24, 2.45) is 0 Å². The van der Waals surface area contributed by atoms with Crippen molar-refractivity contribution in [3.63, 3.8) is 0 Å². The van der Waals surface area contributed by atoms with Crippen molar-refractivity contribution >= 4 is 11.6 Å². The van der Waals surface area contributed by atoms with Gasteiger partial charge in [-0.1, -0.05) is 25.8 Å². The highest BCUT2D eigenvalue weighted by molar-refractivity contribution is 5.94. The average molecular weight is 285 g/mol. The molecule has 0 saturated carbocycles. The van der Waals surface area contributed by atoms with Gasteiger partial charge >= 0.3 is 6.18 Å². The lowest BCUT2D eigenvalue weighted by Crippen LogP contribution is -2.36. The van der Waals surface area contributed by atoms with Gasteiger partial charge in [-0.05, 0) is 30.5 Å². The predicted molar refractivity (Wildman–Crippen MR) is 71.6 cm³/mol. The number of fused-ring (bicyclic) bond motifs is 1. The van der Waals surface area contributed by atoms with E-state index >= 15 is 0 Å². The van der Waals surface area contributed by atoms with Crippen LogP contribution in [-0.2, 0) is 17.4 Å². The molecule has 1 aromatic rings. The lowest BCUT2D eigenvalue weighted by Gasteiger charge is -2.24. The number of anilines is 1. The molecule has 0 unspecified atom stereocenters. The van der Waals surface area contributed by atoms with Crippen LogP contribution in [0.25, 0.3) is 0 Å². The summed E-state index contributed by atoms with van der Waals surface area (Å²) in [5.74, 6) is -0.191. The minimum absolute atomic E-state index is 0.00839. The van der Waals surface area contributed by atoms with E-state index in [1.165, 1.54) is 17.9 Å². The Labute approximate surface area is 116 Å². The molecule has 0 aliphatic carbocycles. The maximum atomic E-state index is 12.8. The fraction of sp³-hybridized carbons (Fsp3) is 0.533. The van der Waals surface area contributed by atoms with Crippen molar-refractivity contribution in [1.29, 1.82) is 0 Å². The number of benzene rings is 1. The molecule has 0 radical (unpaired) electrons. The van der Waals surface area contributed by atoms with Gasteiger partial charge < -0.3 is 4.90 Å². The quantitative estimate of drug-likeness (QED) is 0.816. The number of amides is 1. The van der Waals surface area contributed by atoms with E-state index in [2.05, 4.69) is 6.92 Å². The van der Waals surface area contributed by atoms with Crippen LogP contribution in [0.15, 0.2) is 18.2 Å². The van der Waals surface area contributed by atoms with Crippen LogP contribution in [0.2, 0.25) is 0 Å². The zero-order chi connectivity index (χ0) is 14.9. The molecule has 0 saturated heterocycles. The normalized spacial score (nSPS) is 18.2. The molecular weight excluding hydrogens is 267 g/mol. The summed E-state index contributed by atoms with van der Waals surface area (Å²) < 4.78 is 38.3. The topological polar surface area (TPSA) is 20.3 Å². The highest BCUT2D eigenvalue weighted by atomic mass is 19.4. The van der Waals surface area contributed by atoms with Crippen molar-refractivity contribution in [1.82, 2.24) is 0 Å². The zero-order valence-electron chi connectivity index (χ0n) is 11.6. The molecule has 2 rings (SSSR count). The molecule has 1 aliphatic heterocycles. The van der Waals surface area contributed by atoms with Gasteiger partial charge in [0, 0.05) is 18.7 Å². The molecule has 0 bridgehead atoms. The molecule has 1 aliphatic rings. The third-order valence-electron chi connectivity index (χ3n) is 3.72. The lowest BCUT2D eigenvalue weighted by molar-refractivity contribution is -0.137. The zero-order valence-corrected chi connectivity index (χ0v) is 11.6. The molecule has 1 aromatic carbocycles. The van der Waals surface area contributed by atoms with E-state index in [1.807, 2.05) is 0 Å². The van der Waals surface area contributed by atoms with Gasteiger partial charge in [0.25, 0.3) is 0 Å². The summed E-state index contributed by atoms with van der Waals surface area (Å²) >= 11 is 0. The average Bonchev–Trinajstić information content (AvgIpc) is 2.72. The van der Waals surface area contributed by atoms with E-state index in [9.17, 15) is 18.0 Å². The number of carbonyl (C=O) groups is 1. The van der Waals surface area contributed by atoms with Crippen LogP contribution in [0, 0.1) is 0 Å². The Morgan fingerprint density at radius 2 is 2.10 bits per heavy atom. The van der Waals surface area contributed by atoms with Crippen LogP contribution >= 0.6 is 0 Å². The Morgan fingerprint density at radius 1 is 1.40 bits per heavy atom. The monoisotopic (exact) mass is 285 g/mol. The number of halogens is 3. The van der Waals surface area contributed by atoms with Gasteiger partial charge in [0.15, 0.2) is 0 Å². The summed E-state index contributed by atoms with van der Waals surface area (Å²) in [6, 6.07) is 3.69. The summed E-state index contributed by atoms with van der Waals surface area (Å²) in [6.45, 7) is 3.47. The van der Waals surface area contributed by atoms with Crippen molar-refractivity contribution in [3.05, 3.63) is 29.3 Å². The molecule has 0 aromatic heterocycles. The molecule has 2 nitrogen and oxygen atoms in total. The first-order chi connectivity index (χ1) is 9.34. The Hall–Kier alpha value is -1.52. The number of rotatable bonds is 3. The number of carbonyl (C=O) groups excluding carboxylic acids is 1. The van der Waals surface area contributed by atoms with E-state index < -0.39 is 11.7 Å². The molecule has 1 heterocycles. The molecule has 0 fully saturated rings. The van der Waals surface area contributed by atoms with Crippen molar-refractivity contribution in [2.75, 3.05) is 4.90 Å². The molecule has 0 spiro atoms. The maximum absolute atomic E-state index is 12.8. The molecule has 0 N–H and O–H groups in total. The third-order valence-corrected chi connectivity index (χ3v) is 3.72. The first-order valence-corrected chi connectivity index (χ1v) is 6.84. The van der Waals surface area contributed by atoms with E-state index in [4.69, 9.17) is 0 Å². The second kappa shape index (κ2) is 5.46. The highest BCUT2D eigenvalue weighted by Crippen LogP contribution is 2.39.